The molecule has 0 aliphatic heterocycles. The number of hydrogen-bond donors (Lipinski definition) is 2. The molecule has 0 atom stereocenters. The summed E-state index contributed by atoms with van der Waals surface area (Å²) in [5.41, 5.74) is -1.62. The minimum absolute atomic E-state index is 0.0376. The first-order valence-corrected chi connectivity index (χ1v) is 11.5. The van der Waals surface area contributed by atoms with E-state index in [-0.39, 0.29) is 29.5 Å². The van der Waals surface area contributed by atoms with E-state index < -0.39 is 34.9 Å². The molecule has 3 aromatic rings. The fraction of sp³-hybridized carbons (Fsp3) is 0.400. The maximum absolute atomic E-state index is 13.2. The predicted octanol–water partition coefficient (Wildman–Crippen LogP) is 2.79. The van der Waals surface area contributed by atoms with E-state index in [9.17, 15) is 19.2 Å². The topological polar surface area (TPSA) is 158 Å². The van der Waals surface area contributed by atoms with Gasteiger partial charge in [-0.1, -0.05) is 65.0 Å². The third-order valence-electron chi connectivity index (χ3n) is 5.53. The summed E-state index contributed by atoms with van der Waals surface area (Å²) in [6.45, 7) is 8.52. The highest BCUT2D eigenvalue weighted by Crippen LogP contribution is 2.29. The molecule has 2 aromatic heterocycles. The van der Waals surface area contributed by atoms with E-state index >= 15 is 0 Å². The van der Waals surface area contributed by atoms with Gasteiger partial charge in [0.2, 0.25) is 5.91 Å². The number of amides is 2. The largest absolute Gasteiger partial charge is 0.453 e. The Bertz CT molecular complexity index is 1350. The first-order chi connectivity index (χ1) is 17.3. The van der Waals surface area contributed by atoms with Crippen molar-refractivity contribution in [2.75, 3.05) is 19.0 Å². The molecule has 0 aliphatic carbocycles. The monoisotopic (exact) mass is 510 g/mol. The van der Waals surface area contributed by atoms with E-state index in [1.54, 1.807) is 44.2 Å². The van der Waals surface area contributed by atoms with Gasteiger partial charge in [-0.25, -0.2) is 9.78 Å². The van der Waals surface area contributed by atoms with Crippen molar-refractivity contribution in [2.45, 2.75) is 46.6 Å². The zero-order valence-corrected chi connectivity index (χ0v) is 21.6. The third kappa shape index (κ3) is 6.26. The van der Waals surface area contributed by atoms with Gasteiger partial charge in [-0.2, -0.15) is 0 Å². The second kappa shape index (κ2) is 10.7. The number of anilines is 1. The molecule has 3 rings (SSSR count). The lowest BCUT2D eigenvalue weighted by molar-refractivity contribution is -0.122. The molecule has 0 bridgehead atoms. The quantitative estimate of drug-likeness (QED) is 0.435. The summed E-state index contributed by atoms with van der Waals surface area (Å²) >= 11 is 0. The van der Waals surface area contributed by atoms with Gasteiger partial charge in [0.15, 0.2) is 17.2 Å². The molecular formula is C25H30N6O6. The second-order valence-electron chi connectivity index (χ2n) is 10.1. The van der Waals surface area contributed by atoms with Gasteiger partial charge in [-0.05, 0) is 0 Å². The van der Waals surface area contributed by atoms with E-state index in [4.69, 9.17) is 4.52 Å². The maximum Gasteiger partial charge on any atom is 0.411 e. The predicted molar refractivity (Wildman–Crippen MR) is 134 cm³/mol. The third-order valence-corrected chi connectivity index (χ3v) is 5.53. The van der Waals surface area contributed by atoms with Crippen molar-refractivity contribution in [1.29, 1.82) is 0 Å². The van der Waals surface area contributed by atoms with Crippen LogP contribution in [0, 0.1) is 5.41 Å². The molecule has 1 aromatic carbocycles. The molecule has 2 amide bonds. The van der Waals surface area contributed by atoms with E-state index in [0.717, 1.165) is 11.7 Å². The molecular weight excluding hydrogens is 480 g/mol. The molecule has 2 N–H and O–H groups in total. The number of aromatic nitrogens is 4. The highest BCUT2D eigenvalue weighted by atomic mass is 16.5. The summed E-state index contributed by atoms with van der Waals surface area (Å²) in [5, 5.41) is 12.4. The molecule has 0 aliphatic rings. The van der Waals surface area contributed by atoms with Crippen LogP contribution >= 0.6 is 0 Å². The summed E-state index contributed by atoms with van der Waals surface area (Å²) in [7, 11) is 1.16. The molecule has 0 radical (unpaired) electrons. The molecule has 0 saturated heterocycles. The van der Waals surface area contributed by atoms with Crippen molar-refractivity contribution in [2.24, 2.45) is 5.41 Å². The minimum atomic E-state index is -1.05. The van der Waals surface area contributed by atoms with E-state index in [0.29, 0.717) is 11.3 Å². The maximum atomic E-state index is 13.2. The van der Waals surface area contributed by atoms with Gasteiger partial charge in [-0.15, -0.1) is 5.10 Å². The van der Waals surface area contributed by atoms with Crippen LogP contribution < -0.4 is 16.2 Å². The number of ketones is 1. The molecule has 0 fully saturated rings. The van der Waals surface area contributed by atoms with Crippen LogP contribution in [0.2, 0.25) is 0 Å². The lowest BCUT2D eigenvalue weighted by Gasteiger charge is -2.24. The Morgan fingerprint density at radius 2 is 1.76 bits per heavy atom. The number of hydrogen-bond acceptors (Lipinski definition) is 9. The van der Waals surface area contributed by atoms with Crippen LogP contribution in [-0.2, 0) is 21.5 Å². The van der Waals surface area contributed by atoms with Crippen LogP contribution in [0.4, 0.5) is 10.5 Å². The van der Waals surface area contributed by atoms with Crippen molar-refractivity contribution >= 4 is 23.5 Å². The lowest BCUT2D eigenvalue weighted by Crippen LogP contribution is -2.42. The van der Waals surface area contributed by atoms with E-state index in [1.807, 2.05) is 20.8 Å². The molecule has 12 nitrogen and oxygen atoms in total. The van der Waals surface area contributed by atoms with Crippen molar-refractivity contribution in [1.82, 2.24) is 25.2 Å². The van der Waals surface area contributed by atoms with Crippen LogP contribution in [0.15, 0.2) is 45.8 Å². The first kappa shape index (κ1) is 27.2. The molecule has 37 heavy (non-hydrogen) atoms. The van der Waals surface area contributed by atoms with Crippen LogP contribution in [0.25, 0.3) is 11.4 Å². The summed E-state index contributed by atoms with van der Waals surface area (Å²) in [4.78, 5) is 55.2. The lowest BCUT2D eigenvalue weighted by atomic mass is 9.82. The summed E-state index contributed by atoms with van der Waals surface area (Å²) in [5.74, 6) is -0.287. The van der Waals surface area contributed by atoms with Gasteiger partial charge in [0.05, 0.1) is 13.3 Å². The number of ether oxygens (including phenoxy) is 1. The number of methoxy groups -OCH3 is 1. The Morgan fingerprint density at radius 3 is 2.38 bits per heavy atom. The summed E-state index contributed by atoms with van der Waals surface area (Å²) < 4.78 is 10.9. The van der Waals surface area contributed by atoms with Crippen molar-refractivity contribution in [3.8, 4) is 11.4 Å². The summed E-state index contributed by atoms with van der Waals surface area (Å²) in [6.07, 6.45) is 0.357. The van der Waals surface area contributed by atoms with Gasteiger partial charge in [0.1, 0.15) is 18.1 Å². The van der Waals surface area contributed by atoms with Crippen molar-refractivity contribution in [3.63, 3.8) is 0 Å². The normalized spacial score (nSPS) is 11.6. The smallest absolute Gasteiger partial charge is 0.411 e. The van der Waals surface area contributed by atoms with Crippen molar-refractivity contribution < 1.29 is 23.6 Å². The standard InChI is InChI=1S/C25H30N6O6/c1-24(2,3)20-18(29-30-37-20)19(33)25(4,5)14-27-17(32)13-31-21(15-10-8-7-9-11-15)26-12-16(22(31)34)28-23(35)36-6/h7-12H,13-14H2,1-6H3,(H,27,32)(H,28,35). The fourth-order valence-electron chi connectivity index (χ4n) is 3.45. The molecule has 2 heterocycles. The van der Waals surface area contributed by atoms with Gasteiger partial charge in [-0.3, -0.25) is 24.3 Å². The van der Waals surface area contributed by atoms with E-state index in [2.05, 4.69) is 30.7 Å². The molecule has 0 saturated carbocycles. The average Bonchev–Trinajstić information content (AvgIpc) is 3.36. The van der Waals surface area contributed by atoms with Crippen LogP contribution in [0.5, 0.6) is 0 Å². The zero-order chi connectivity index (χ0) is 27.4. The number of carbonyl (C=O) groups is 3. The Morgan fingerprint density at radius 1 is 1.08 bits per heavy atom. The minimum Gasteiger partial charge on any atom is -0.453 e. The number of nitrogens with one attached hydrogen (secondary N) is 2. The number of carbonyl (C=O) groups excluding carboxylic acids is 3. The van der Waals surface area contributed by atoms with Crippen molar-refractivity contribution in [3.05, 3.63) is 58.3 Å². The Balaban J connectivity index is 1.83. The van der Waals surface area contributed by atoms with Crippen LogP contribution in [0.1, 0.15) is 50.9 Å². The summed E-state index contributed by atoms with van der Waals surface area (Å²) in [6, 6.07) is 8.82. The Labute approximate surface area is 213 Å². The average molecular weight is 511 g/mol. The van der Waals surface area contributed by atoms with Gasteiger partial charge < -0.3 is 14.6 Å². The van der Waals surface area contributed by atoms with Gasteiger partial charge in [0.25, 0.3) is 5.56 Å². The number of benzene rings is 1. The molecule has 12 heteroatoms. The SMILES string of the molecule is COC(=O)Nc1cnc(-c2ccccc2)n(CC(=O)NCC(C)(C)C(=O)c2nnoc2C(C)(C)C)c1=O. The molecule has 196 valence electrons. The Kier molecular flexibility index (Phi) is 7.90. The fourth-order valence-corrected chi connectivity index (χ4v) is 3.45. The first-order valence-electron chi connectivity index (χ1n) is 11.5. The Hall–Kier alpha value is -4.35. The molecule has 0 spiro atoms. The highest BCUT2D eigenvalue weighted by Gasteiger charge is 2.37. The number of rotatable bonds is 8. The molecule has 0 unspecified atom stereocenters. The van der Waals surface area contributed by atoms with Gasteiger partial charge >= 0.3 is 6.09 Å². The zero-order valence-electron chi connectivity index (χ0n) is 21.6. The number of Topliss-reactive ketones (excluding diaryl/α,β-unsaturated/α-hetero) is 1. The van der Waals surface area contributed by atoms with Gasteiger partial charge in [0, 0.05) is 28.2 Å². The van der Waals surface area contributed by atoms with Crippen LogP contribution in [-0.4, -0.2) is 51.4 Å². The van der Waals surface area contributed by atoms with Crippen LogP contribution in [0.3, 0.4) is 0 Å². The second-order valence-corrected chi connectivity index (χ2v) is 10.1. The highest BCUT2D eigenvalue weighted by molar-refractivity contribution is 5.99. The van der Waals surface area contributed by atoms with E-state index in [1.165, 1.54) is 6.20 Å². The number of nitrogens with zero attached hydrogens (tertiary/aromatic N) is 4.